The molecule has 2 heterocycles. The SMILES string of the molecule is NC(=S)NN=Cc1ccc(CN2CCC[C@@H]2CNc2ccccc2)o1. The van der Waals surface area contributed by atoms with Gasteiger partial charge in [0.05, 0.1) is 12.8 Å². The number of thiocarbonyl (C=S) groups is 1. The van der Waals surface area contributed by atoms with Gasteiger partial charge in [-0.2, -0.15) is 5.10 Å². The largest absolute Gasteiger partial charge is 0.459 e. The Morgan fingerprint density at radius 2 is 2.16 bits per heavy atom. The van der Waals surface area contributed by atoms with E-state index < -0.39 is 0 Å². The van der Waals surface area contributed by atoms with Gasteiger partial charge in [0.25, 0.3) is 0 Å². The fourth-order valence-electron chi connectivity index (χ4n) is 3.03. The Hall–Kier alpha value is -2.38. The number of hydrazone groups is 1. The Kier molecular flexibility index (Phi) is 6.03. The molecule has 7 heteroatoms. The number of para-hydroxylation sites is 1. The third-order valence-electron chi connectivity index (χ3n) is 4.22. The van der Waals surface area contributed by atoms with E-state index in [2.05, 4.69) is 32.9 Å². The second-order valence-electron chi connectivity index (χ2n) is 6.05. The first-order chi connectivity index (χ1) is 12.2. The van der Waals surface area contributed by atoms with E-state index in [-0.39, 0.29) is 5.11 Å². The van der Waals surface area contributed by atoms with Crippen LogP contribution in [0.4, 0.5) is 5.69 Å². The summed E-state index contributed by atoms with van der Waals surface area (Å²) in [5.74, 6) is 1.61. The molecule has 0 amide bonds. The monoisotopic (exact) mass is 357 g/mol. The second-order valence-corrected chi connectivity index (χ2v) is 6.49. The van der Waals surface area contributed by atoms with Gasteiger partial charge in [-0.25, -0.2) is 0 Å². The number of nitrogens with zero attached hydrogens (tertiary/aromatic N) is 2. The number of benzene rings is 1. The topological polar surface area (TPSA) is 78.8 Å². The van der Waals surface area contributed by atoms with Gasteiger partial charge in [0.1, 0.15) is 11.5 Å². The molecule has 0 aliphatic carbocycles. The Bertz CT molecular complexity index is 715. The van der Waals surface area contributed by atoms with Crippen LogP contribution in [0.1, 0.15) is 24.4 Å². The van der Waals surface area contributed by atoms with E-state index >= 15 is 0 Å². The Labute approximate surface area is 153 Å². The number of furan rings is 1. The number of nitrogens with one attached hydrogen (secondary N) is 2. The molecule has 1 atom stereocenters. The molecule has 1 aliphatic rings. The summed E-state index contributed by atoms with van der Waals surface area (Å²) in [6.45, 7) is 2.84. The molecule has 132 valence electrons. The maximum atomic E-state index is 5.80. The lowest BCUT2D eigenvalue weighted by Crippen LogP contribution is -2.34. The van der Waals surface area contributed by atoms with Crippen LogP contribution in [0.3, 0.4) is 0 Å². The van der Waals surface area contributed by atoms with E-state index in [0.717, 1.165) is 31.1 Å². The van der Waals surface area contributed by atoms with E-state index in [4.69, 9.17) is 22.4 Å². The van der Waals surface area contributed by atoms with Crippen LogP contribution in [-0.4, -0.2) is 35.4 Å². The van der Waals surface area contributed by atoms with Crippen LogP contribution >= 0.6 is 12.2 Å². The average Bonchev–Trinajstić information content (AvgIpc) is 3.23. The molecular weight excluding hydrogens is 334 g/mol. The summed E-state index contributed by atoms with van der Waals surface area (Å²) < 4.78 is 5.80. The Morgan fingerprint density at radius 3 is 2.96 bits per heavy atom. The van der Waals surface area contributed by atoms with Crippen LogP contribution in [0, 0.1) is 0 Å². The highest BCUT2D eigenvalue weighted by Crippen LogP contribution is 2.21. The molecular formula is C18H23N5OS. The maximum Gasteiger partial charge on any atom is 0.184 e. The smallest absolute Gasteiger partial charge is 0.184 e. The maximum absolute atomic E-state index is 5.80. The first-order valence-corrected chi connectivity index (χ1v) is 8.82. The average molecular weight is 357 g/mol. The first kappa shape index (κ1) is 17.4. The van der Waals surface area contributed by atoms with Gasteiger partial charge in [-0.15, -0.1) is 0 Å². The molecule has 2 aromatic rings. The molecule has 1 saturated heterocycles. The van der Waals surface area contributed by atoms with Gasteiger partial charge in [-0.3, -0.25) is 10.3 Å². The van der Waals surface area contributed by atoms with Gasteiger partial charge in [0.15, 0.2) is 5.11 Å². The van der Waals surface area contributed by atoms with E-state index in [1.807, 2.05) is 30.3 Å². The van der Waals surface area contributed by atoms with Crippen LogP contribution in [0.15, 0.2) is 52.0 Å². The summed E-state index contributed by atoms with van der Waals surface area (Å²) in [5, 5.41) is 7.56. The zero-order valence-electron chi connectivity index (χ0n) is 14.0. The normalized spacial score (nSPS) is 17.8. The molecule has 1 aromatic carbocycles. The highest BCUT2D eigenvalue weighted by atomic mass is 32.1. The molecule has 4 N–H and O–H groups in total. The van der Waals surface area contributed by atoms with Crippen LogP contribution < -0.4 is 16.5 Å². The number of hydrogen-bond acceptors (Lipinski definition) is 5. The molecule has 1 aromatic heterocycles. The molecule has 0 spiro atoms. The molecule has 0 radical (unpaired) electrons. The lowest BCUT2D eigenvalue weighted by atomic mass is 10.2. The molecule has 0 unspecified atom stereocenters. The van der Waals surface area contributed by atoms with Crippen molar-refractivity contribution in [1.29, 1.82) is 0 Å². The van der Waals surface area contributed by atoms with Crippen molar-refractivity contribution in [3.63, 3.8) is 0 Å². The van der Waals surface area contributed by atoms with Crippen LogP contribution in [0.2, 0.25) is 0 Å². The summed E-state index contributed by atoms with van der Waals surface area (Å²) in [7, 11) is 0. The first-order valence-electron chi connectivity index (χ1n) is 8.41. The molecule has 0 saturated carbocycles. The molecule has 25 heavy (non-hydrogen) atoms. The van der Waals surface area contributed by atoms with Crippen molar-refractivity contribution in [2.24, 2.45) is 10.8 Å². The molecule has 0 bridgehead atoms. The van der Waals surface area contributed by atoms with E-state index in [1.54, 1.807) is 6.21 Å². The summed E-state index contributed by atoms with van der Waals surface area (Å²) in [5.41, 5.74) is 9.00. The van der Waals surface area contributed by atoms with Crippen molar-refractivity contribution in [2.45, 2.75) is 25.4 Å². The number of likely N-dealkylation sites (tertiary alicyclic amines) is 1. The molecule has 3 rings (SSSR count). The van der Waals surface area contributed by atoms with Crippen LogP contribution in [0.25, 0.3) is 0 Å². The number of anilines is 1. The van der Waals surface area contributed by atoms with Crippen molar-refractivity contribution in [3.05, 3.63) is 54.0 Å². The van der Waals surface area contributed by atoms with E-state index in [0.29, 0.717) is 11.8 Å². The second kappa shape index (κ2) is 8.64. The van der Waals surface area contributed by atoms with Crippen molar-refractivity contribution in [3.8, 4) is 0 Å². The predicted octanol–water partition coefficient (Wildman–Crippen LogP) is 2.52. The molecule has 6 nitrogen and oxygen atoms in total. The van der Waals surface area contributed by atoms with Gasteiger partial charge in [-0.1, -0.05) is 18.2 Å². The van der Waals surface area contributed by atoms with Crippen LogP contribution in [-0.2, 0) is 6.54 Å². The fraction of sp³-hybridized carbons (Fsp3) is 0.333. The van der Waals surface area contributed by atoms with E-state index in [9.17, 15) is 0 Å². The van der Waals surface area contributed by atoms with Crippen molar-refractivity contribution >= 4 is 29.2 Å². The molecule has 1 fully saturated rings. The zero-order valence-corrected chi connectivity index (χ0v) is 14.8. The van der Waals surface area contributed by atoms with Gasteiger partial charge in [-0.05, 0) is 55.9 Å². The number of hydrogen-bond donors (Lipinski definition) is 3. The summed E-state index contributed by atoms with van der Waals surface area (Å²) in [6, 6.07) is 14.7. The summed E-state index contributed by atoms with van der Waals surface area (Å²) in [6.07, 6.45) is 3.99. The minimum Gasteiger partial charge on any atom is -0.459 e. The van der Waals surface area contributed by atoms with Gasteiger partial charge >= 0.3 is 0 Å². The van der Waals surface area contributed by atoms with Crippen molar-refractivity contribution in [1.82, 2.24) is 10.3 Å². The highest BCUT2D eigenvalue weighted by Gasteiger charge is 2.25. The van der Waals surface area contributed by atoms with Crippen molar-refractivity contribution < 1.29 is 4.42 Å². The van der Waals surface area contributed by atoms with Gasteiger partial charge in [0, 0.05) is 18.3 Å². The van der Waals surface area contributed by atoms with Crippen molar-refractivity contribution in [2.75, 3.05) is 18.4 Å². The number of nitrogens with two attached hydrogens (primary N) is 1. The number of rotatable bonds is 7. The quantitative estimate of drug-likeness (QED) is 0.401. The summed E-state index contributed by atoms with van der Waals surface area (Å²) in [4.78, 5) is 2.46. The predicted molar refractivity (Wildman–Crippen MR) is 105 cm³/mol. The summed E-state index contributed by atoms with van der Waals surface area (Å²) >= 11 is 4.69. The van der Waals surface area contributed by atoms with Gasteiger partial charge in [0.2, 0.25) is 0 Å². The fourth-order valence-corrected chi connectivity index (χ4v) is 3.09. The lowest BCUT2D eigenvalue weighted by molar-refractivity contribution is 0.233. The standard InChI is InChI=1S/C18H23N5OS/c19-18(25)22-21-12-16-8-9-17(24-16)13-23-10-4-7-15(23)11-20-14-5-2-1-3-6-14/h1-3,5-6,8-9,12,15,20H,4,7,10-11,13H2,(H3,19,22,25)/t15-/m1/s1. The highest BCUT2D eigenvalue weighted by molar-refractivity contribution is 7.80. The zero-order chi connectivity index (χ0) is 17.5. The van der Waals surface area contributed by atoms with E-state index in [1.165, 1.54) is 12.8 Å². The Morgan fingerprint density at radius 1 is 1.32 bits per heavy atom. The van der Waals surface area contributed by atoms with Crippen LogP contribution in [0.5, 0.6) is 0 Å². The third-order valence-corrected chi connectivity index (χ3v) is 4.31. The molecule has 1 aliphatic heterocycles. The minimum atomic E-state index is 0.133. The lowest BCUT2D eigenvalue weighted by Gasteiger charge is -2.24. The third kappa shape index (κ3) is 5.30. The van der Waals surface area contributed by atoms with Gasteiger partial charge < -0.3 is 15.5 Å². The minimum absolute atomic E-state index is 0.133. The Balaban J connectivity index is 1.52.